The number of rotatable bonds is 13. The molecule has 2 aromatic rings. The number of carbonyl (C=O) groups is 2. The van der Waals surface area contributed by atoms with Gasteiger partial charge in [0.25, 0.3) is 0 Å². The van der Waals surface area contributed by atoms with Crippen molar-refractivity contribution in [1.29, 1.82) is 0 Å². The topological polar surface area (TPSA) is 89.9 Å². The molecule has 31 heavy (non-hydrogen) atoms. The highest BCUT2D eigenvalue weighted by molar-refractivity contribution is 5.86. The van der Waals surface area contributed by atoms with Gasteiger partial charge in [0.2, 0.25) is 11.8 Å². The second kappa shape index (κ2) is 13.4. The van der Waals surface area contributed by atoms with Crippen molar-refractivity contribution in [3.8, 4) is 0 Å². The molecule has 0 radical (unpaired) electrons. The van der Waals surface area contributed by atoms with Gasteiger partial charge >= 0.3 is 0 Å². The second-order valence-electron chi connectivity index (χ2n) is 7.53. The van der Waals surface area contributed by atoms with E-state index in [0.29, 0.717) is 19.4 Å². The quantitative estimate of drug-likeness (QED) is 0.431. The summed E-state index contributed by atoms with van der Waals surface area (Å²) in [6, 6.07) is 18.7. The van der Waals surface area contributed by atoms with Crippen LogP contribution < -0.4 is 5.32 Å². The lowest BCUT2D eigenvalue weighted by Gasteiger charge is -2.25. The number of hydrogen-bond donors (Lipinski definition) is 3. The molecule has 0 heterocycles. The van der Waals surface area contributed by atoms with Crippen molar-refractivity contribution >= 4 is 11.8 Å². The fraction of sp³-hybridized carbons (Fsp3) is 0.360. The Balaban J connectivity index is 2.01. The number of carbonyl (C=O) groups excluding carboxylic acids is 2. The van der Waals surface area contributed by atoms with Crippen LogP contribution in [0, 0.1) is 5.92 Å². The minimum atomic E-state index is -0.591. The molecular formula is C25H32N2O4. The number of nitrogens with zero attached hydrogens (tertiary/aromatic N) is 1. The van der Waals surface area contributed by atoms with E-state index in [1.54, 1.807) is 11.0 Å². The van der Waals surface area contributed by atoms with Crippen LogP contribution in [0.2, 0.25) is 0 Å². The van der Waals surface area contributed by atoms with Crippen molar-refractivity contribution in [2.24, 2.45) is 5.92 Å². The Hall–Kier alpha value is -2.96. The molecule has 2 amide bonds. The molecule has 0 unspecified atom stereocenters. The van der Waals surface area contributed by atoms with Crippen molar-refractivity contribution in [1.82, 2.24) is 10.2 Å². The zero-order valence-electron chi connectivity index (χ0n) is 17.8. The molecule has 166 valence electrons. The molecule has 0 spiro atoms. The fourth-order valence-corrected chi connectivity index (χ4v) is 3.42. The molecule has 0 fully saturated rings. The highest BCUT2D eigenvalue weighted by Crippen LogP contribution is 2.15. The Bertz CT molecular complexity index is 811. The van der Waals surface area contributed by atoms with Gasteiger partial charge in [0.15, 0.2) is 0 Å². The van der Waals surface area contributed by atoms with E-state index in [4.69, 9.17) is 0 Å². The third kappa shape index (κ3) is 8.36. The summed E-state index contributed by atoms with van der Waals surface area (Å²) < 4.78 is 0. The molecule has 2 aromatic carbocycles. The Kier molecular flexibility index (Phi) is 10.5. The zero-order chi connectivity index (χ0) is 22.5. The molecule has 6 nitrogen and oxygen atoms in total. The van der Waals surface area contributed by atoms with Crippen LogP contribution in [0.3, 0.4) is 0 Å². The Morgan fingerprint density at radius 1 is 1.00 bits per heavy atom. The highest BCUT2D eigenvalue weighted by Gasteiger charge is 2.25. The molecule has 0 saturated heterocycles. The SMILES string of the molecule is C=CC[C@H](CC(=O)N(CCO)Cc1ccccc1)C(=O)N[C@@H](CO)Cc1ccccc1. The molecule has 0 saturated carbocycles. The van der Waals surface area contributed by atoms with Crippen LogP contribution in [-0.2, 0) is 22.6 Å². The summed E-state index contributed by atoms with van der Waals surface area (Å²) >= 11 is 0. The van der Waals surface area contributed by atoms with Gasteiger partial charge in [-0.1, -0.05) is 66.7 Å². The first-order valence-electron chi connectivity index (χ1n) is 10.6. The van der Waals surface area contributed by atoms with Crippen molar-refractivity contribution in [3.05, 3.63) is 84.4 Å². The summed E-state index contributed by atoms with van der Waals surface area (Å²) in [6.45, 7) is 3.93. The number of aliphatic hydroxyl groups excluding tert-OH is 2. The van der Waals surface area contributed by atoms with Gasteiger partial charge in [-0.25, -0.2) is 0 Å². The van der Waals surface area contributed by atoms with Gasteiger partial charge in [-0.3, -0.25) is 9.59 Å². The van der Waals surface area contributed by atoms with Gasteiger partial charge in [-0.05, 0) is 24.0 Å². The van der Waals surface area contributed by atoms with Gasteiger partial charge in [0.05, 0.1) is 25.2 Å². The van der Waals surface area contributed by atoms with Crippen molar-refractivity contribution in [2.75, 3.05) is 19.8 Å². The third-order valence-electron chi connectivity index (χ3n) is 5.07. The maximum atomic E-state index is 12.9. The molecule has 0 bridgehead atoms. The van der Waals surface area contributed by atoms with Gasteiger partial charge in [-0.15, -0.1) is 6.58 Å². The molecule has 6 heteroatoms. The Morgan fingerprint density at radius 2 is 1.61 bits per heavy atom. The number of benzene rings is 2. The first-order chi connectivity index (χ1) is 15.1. The Labute approximate surface area is 184 Å². The van der Waals surface area contributed by atoms with E-state index in [1.165, 1.54) is 0 Å². The molecular weight excluding hydrogens is 392 g/mol. The Morgan fingerprint density at radius 3 is 2.16 bits per heavy atom. The van der Waals surface area contributed by atoms with Gasteiger partial charge < -0.3 is 20.4 Å². The van der Waals surface area contributed by atoms with E-state index in [2.05, 4.69) is 11.9 Å². The maximum absolute atomic E-state index is 12.9. The van der Waals surface area contributed by atoms with Crippen LogP contribution >= 0.6 is 0 Å². The fourth-order valence-electron chi connectivity index (χ4n) is 3.42. The number of allylic oxidation sites excluding steroid dienone is 1. The van der Waals surface area contributed by atoms with Crippen molar-refractivity contribution < 1.29 is 19.8 Å². The van der Waals surface area contributed by atoms with E-state index in [1.807, 2.05) is 60.7 Å². The van der Waals surface area contributed by atoms with E-state index in [9.17, 15) is 19.8 Å². The van der Waals surface area contributed by atoms with Gasteiger partial charge in [0.1, 0.15) is 0 Å². The van der Waals surface area contributed by atoms with Crippen molar-refractivity contribution in [3.63, 3.8) is 0 Å². The van der Waals surface area contributed by atoms with Crippen LogP contribution in [0.15, 0.2) is 73.3 Å². The van der Waals surface area contributed by atoms with Crippen molar-refractivity contribution in [2.45, 2.75) is 31.8 Å². The molecule has 0 aliphatic rings. The molecule has 0 aliphatic carbocycles. The number of nitrogens with one attached hydrogen (secondary N) is 1. The number of amides is 2. The first kappa shape index (κ1) is 24.3. The monoisotopic (exact) mass is 424 g/mol. The van der Waals surface area contributed by atoms with Crippen LogP contribution in [-0.4, -0.2) is 52.7 Å². The lowest BCUT2D eigenvalue weighted by atomic mass is 9.98. The average Bonchev–Trinajstić information content (AvgIpc) is 2.79. The highest BCUT2D eigenvalue weighted by atomic mass is 16.3. The third-order valence-corrected chi connectivity index (χ3v) is 5.07. The smallest absolute Gasteiger partial charge is 0.224 e. The lowest BCUT2D eigenvalue weighted by molar-refractivity contribution is -0.137. The summed E-state index contributed by atoms with van der Waals surface area (Å²) in [7, 11) is 0. The average molecular weight is 425 g/mol. The molecule has 2 rings (SSSR count). The molecule has 0 aromatic heterocycles. The summed E-state index contributed by atoms with van der Waals surface area (Å²) in [5, 5.41) is 22.0. The van der Waals surface area contributed by atoms with E-state index < -0.39 is 12.0 Å². The minimum absolute atomic E-state index is 0.00811. The van der Waals surface area contributed by atoms with Gasteiger partial charge in [-0.2, -0.15) is 0 Å². The normalized spacial score (nSPS) is 12.6. The van der Waals surface area contributed by atoms with Crippen LogP contribution in [0.1, 0.15) is 24.0 Å². The summed E-state index contributed by atoms with van der Waals surface area (Å²) in [6.07, 6.45) is 2.48. The largest absolute Gasteiger partial charge is 0.395 e. The van der Waals surface area contributed by atoms with Crippen LogP contribution in [0.4, 0.5) is 0 Å². The van der Waals surface area contributed by atoms with Crippen LogP contribution in [0.25, 0.3) is 0 Å². The number of hydrogen-bond acceptors (Lipinski definition) is 4. The zero-order valence-corrected chi connectivity index (χ0v) is 17.8. The maximum Gasteiger partial charge on any atom is 0.224 e. The molecule has 2 atom stereocenters. The number of aliphatic hydroxyl groups is 2. The molecule has 0 aliphatic heterocycles. The lowest BCUT2D eigenvalue weighted by Crippen LogP contribution is -2.44. The molecule has 3 N–H and O–H groups in total. The van der Waals surface area contributed by atoms with E-state index >= 15 is 0 Å². The van der Waals surface area contributed by atoms with E-state index in [0.717, 1.165) is 11.1 Å². The second-order valence-corrected chi connectivity index (χ2v) is 7.53. The van der Waals surface area contributed by atoms with E-state index in [-0.39, 0.29) is 38.0 Å². The first-order valence-corrected chi connectivity index (χ1v) is 10.6. The summed E-state index contributed by atoms with van der Waals surface area (Å²) in [5.41, 5.74) is 1.97. The van der Waals surface area contributed by atoms with Crippen LogP contribution in [0.5, 0.6) is 0 Å². The van der Waals surface area contributed by atoms with Gasteiger partial charge in [0, 0.05) is 19.5 Å². The standard InChI is InChI=1S/C25H32N2O4/c1-2-9-22(25(31)26-23(19-29)16-20-10-5-3-6-11-20)17-24(30)27(14-15-28)18-21-12-7-4-8-13-21/h2-8,10-13,22-23,28-29H,1,9,14-19H2,(H,26,31)/t22-,23-/m1/s1. The minimum Gasteiger partial charge on any atom is -0.395 e. The predicted molar refractivity (Wildman–Crippen MR) is 121 cm³/mol. The predicted octanol–water partition coefficient (Wildman–Crippen LogP) is 2.31. The summed E-state index contributed by atoms with van der Waals surface area (Å²) in [4.78, 5) is 27.4. The summed E-state index contributed by atoms with van der Waals surface area (Å²) in [5.74, 6) is -1.08.